The molecule has 0 spiro atoms. The second kappa shape index (κ2) is 6.18. The van der Waals surface area contributed by atoms with Gasteiger partial charge in [-0.2, -0.15) is 11.8 Å². The molecule has 2 N–H and O–H groups in total. The molecule has 1 aliphatic rings. The van der Waals surface area contributed by atoms with Crippen molar-refractivity contribution in [1.82, 2.24) is 4.90 Å². The van der Waals surface area contributed by atoms with Crippen LogP contribution in [0.25, 0.3) is 0 Å². The summed E-state index contributed by atoms with van der Waals surface area (Å²) in [7, 11) is 0. The fourth-order valence-electron chi connectivity index (χ4n) is 1.69. The van der Waals surface area contributed by atoms with E-state index >= 15 is 0 Å². The molecule has 1 fully saturated rings. The van der Waals surface area contributed by atoms with Crippen LogP contribution in [-0.4, -0.2) is 41.4 Å². The fourth-order valence-corrected chi connectivity index (χ4v) is 2.83. The monoisotopic (exact) mass is 228 g/mol. The Morgan fingerprint density at radius 1 is 1.67 bits per heavy atom. The molecule has 1 unspecified atom stereocenters. The summed E-state index contributed by atoms with van der Waals surface area (Å²) in [5.41, 5.74) is 6.55. The smallest absolute Gasteiger partial charge is 0.236 e. The van der Waals surface area contributed by atoms with E-state index in [0.717, 1.165) is 25.3 Å². The lowest BCUT2D eigenvalue weighted by Gasteiger charge is -2.32. The summed E-state index contributed by atoms with van der Waals surface area (Å²) in [6.07, 6.45) is 2.30. The van der Waals surface area contributed by atoms with Gasteiger partial charge in [0.2, 0.25) is 5.91 Å². The zero-order chi connectivity index (χ0) is 11.3. The maximum atomic E-state index is 11.4. The topological polar surface area (TPSA) is 46.3 Å². The number of carbonyl (C=O) groups excluding carboxylic acids is 1. The summed E-state index contributed by atoms with van der Waals surface area (Å²) in [6, 6.07) is 0. The third-order valence-corrected chi connectivity index (χ3v) is 3.99. The summed E-state index contributed by atoms with van der Waals surface area (Å²) in [4.78, 5) is 13.3. The number of hydrogen-bond donors (Lipinski definition) is 1. The SMILES string of the molecule is C=C(C)CSC1CCCN(C(=O)CN)C1. The van der Waals surface area contributed by atoms with Crippen LogP contribution in [0.5, 0.6) is 0 Å². The van der Waals surface area contributed by atoms with Crippen LogP contribution in [0, 0.1) is 0 Å². The van der Waals surface area contributed by atoms with Crippen molar-refractivity contribution < 1.29 is 4.79 Å². The molecular formula is C11H20N2OS. The highest BCUT2D eigenvalue weighted by atomic mass is 32.2. The number of rotatable bonds is 4. The van der Waals surface area contributed by atoms with Crippen LogP contribution < -0.4 is 5.73 Å². The molecule has 0 aromatic heterocycles. The molecule has 3 nitrogen and oxygen atoms in total. The van der Waals surface area contributed by atoms with Gasteiger partial charge in [0.05, 0.1) is 6.54 Å². The van der Waals surface area contributed by atoms with Crippen molar-refractivity contribution in [3.63, 3.8) is 0 Å². The van der Waals surface area contributed by atoms with E-state index in [2.05, 4.69) is 6.58 Å². The van der Waals surface area contributed by atoms with Crippen molar-refractivity contribution >= 4 is 17.7 Å². The number of nitrogens with zero attached hydrogens (tertiary/aromatic N) is 1. The Balaban J connectivity index is 2.35. The lowest BCUT2D eigenvalue weighted by molar-refractivity contribution is -0.130. The molecular weight excluding hydrogens is 208 g/mol. The second-order valence-corrected chi connectivity index (χ2v) is 5.36. The molecule has 0 saturated carbocycles. The van der Waals surface area contributed by atoms with Crippen molar-refractivity contribution in [2.75, 3.05) is 25.4 Å². The first-order valence-corrected chi connectivity index (χ1v) is 6.42. The molecule has 4 heteroatoms. The van der Waals surface area contributed by atoms with E-state index in [4.69, 9.17) is 5.73 Å². The molecule has 1 heterocycles. The Bertz CT molecular complexity index is 243. The first kappa shape index (κ1) is 12.6. The predicted molar refractivity (Wildman–Crippen MR) is 65.9 cm³/mol. The van der Waals surface area contributed by atoms with Crippen molar-refractivity contribution in [3.05, 3.63) is 12.2 Å². The van der Waals surface area contributed by atoms with Gasteiger partial charge in [-0.1, -0.05) is 12.2 Å². The standard InChI is InChI=1S/C11H20N2OS/c1-9(2)8-15-10-4-3-5-13(7-10)11(14)6-12/h10H,1,3-8,12H2,2H3. The highest BCUT2D eigenvalue weighted by molar-refractivity contribution is 8.00. The van der Waals surface area contributed by atoms with E-state index in [-0.39, 0.29) is 12.5 Å². The first-order chi connectivity index (χ1) is 7.13. The van der Waals surface area contributed by atoms with Gasteiger partial charge >= 0.3 is 0 Å². The third kappa shape index (κ3) is 4.26. The zero-order valence-corrected chi connectivity index (χ0v) is 10.2. The van der Waals surface area contributed by atoms with Gasteiger partial charge in [-0.05, 0) is 19.8 Å². The van der Waals surface area contributed by atoms with Gasteiger partial charge in [0, 0.05) is 24.1 Å². The van der Waals surface area contributed by atoms with E-state index in [9.17, 15) is 4.79 Å². The van der Waals surface area contributed by atoms with Gasteiger partial charge in [-0.25, -0.2) is 0 Å². The Kier molecular flexibility index (Phi) is 5.19. The maximum absolute atomic E-state index is 11.4. The zero-order valence-electron chi connectivity index (χ0n) is 9.37. The second-order valence-electron chi connectivity index (χ2n) is 4.08. The number of nitrogens with two attached hydrogens (primary N) is 1. The minimum absolute atomic E-state index is 0.0793. The van der Waals surface area contributed by atoms with Crippen LogP contribution in [0.1, 0.15) is 19.8 Å². The minimum Gasteiger partial charge on any atom is -0.340 e. The van der Waals surface area contributed by atoms with Gasteiger partial charge in [-0.3, -0.25) is 4.79 Å². The lowest BCUT2D eigenvalue weighted by atomic mass is 10.1. The van der Waals surface area contributed by atoms with Crippen molar-refractivity contribution in [1.29, 1.82) is 0 Å². The number of piperidine rings is 1. The average molecular weight is 228 g/mol. The summed E-state index contributed by atoms with van der Waals surface area (Å²) >= 11 is 1.90. The van der Waals surface area contributed by atoms with E-state index < -0.39 is 0 Å². The van der Waals surface area contributed by atoms with Crippen molar-refractivity contribution in [3.8, 4) is 0 Å². The molecule has 1 rings (SSSR count). The Labute approximate surface area is 96.1 Å². The van der Waals surface area contributed by atoms with Gasteiger partial charge in [-0.15, -0.1) is 0 Å². The quantitative estimate of drug-likeness (QED) is 0.737. The average Bonchev–Trinajstić information content (AvgIpc) is 2.25. The van der Waals surface area contributed by atoms with E-state index in [1.54, 1.807) is 0 Å². The van der Waals surface area contributed by atoms with Crippen LogP contribution in [0.2, 0.25) is 0 Å². The summed E-state index contributed by atoms with van der Waals surface area (Å²) in [6.45, 7) is 7.80. The molecule has 0 bridgehead atoms. The molecule has 0 aromatic carbocycles. The fraction of sp³-hybridized carbons (Fsp3) is 0.727. The number of hydrogen-bond acceptors (Lipinski definition) is 3. The Hall–Kier alpha value is -0.480. The number of carbonyl (C=O) groups is 1. The first-order valence-electron chi connectivity index (χ1n) is 5.37. The molecule has 1 amide bonds. The molecule has 1 saturated heterocycles. The molecule has 1 atom stereocenters. The molecule has 0 aliphatic carbocycles. The number of amides is 1. The van der Waals surface area contributed by atoms with Crippen molar-refractivity contribution in [2.24, 2.45) is 5.73 Å². The molecule has 0 radical (unpaired) electrons. The summed E-state index contributed by atoms with van der Waals surface area (Å²) in [5.74, 6) is 1.07. The summed E-state index contributed by atoms with van der Waals surface area (Å²) in [5, 5.41) is 0.561. The van der Waals surface area contributed by atoms with Crippen LogP contribution in [0.4, 0.5) is 0 Å². The van der Waals surface area contributed by atoms with Crippen LogP contribution in [-0.2, 0) is 4.79 Å². The maximum Gasteiger partial charge on any atom is 0.236 e. The normalized spacial score (nSPS) is 21.5. The van der Waals surface area contributed by atoms with Crippen molar-refractivity contribution in [2.45, 2.75) is 25.0 Å². The highest BCUT2D eigenvalue weighted by Crippen LogP contribution is 2.23. The molecule has 0 aromatic rings. The molecule has 1 aliphatic heterocycles. The van der Waals surface area contributed by atoms with Gasteiger partial charge in [0.25, 0.3) is 0 Å². The lowest BCUT2D eigenvalue weighted by Crippen LogP contribution is -2.44. The predicted octanol–water partition coefficient (Wildman–Crippen LogP) is 1.25. The van der Waals surface area contributed by atoms with Crippen LogP contribution in [0.15, 0.2) is 12.2 Å². The minimum atomic E-state index is 0.0793. The van der Waals surface area contributed by atoms with Gasteiger partial charge in [0.15, 0.2) is 0 Å². The Morgan fingerprint density at radius 3 is 3.00 bits per heavy atom. The third-order valence-electron chi connectivity index (χ3n) is 2.47. The van der Waals surface area contributed by atoms with Gasteiger partial charge < -0.3 is 10.6 Å². The highest BCUT2D eigenvalue weighted by Gasteiger charge is 2.22. The molecule has 15 heavy (non-hydrogen) atoms. The largest absolute Gasteiger partial charge is 0.340 e. The number of thioether (sulfide) groups is 1. The van der Waals surface area contributed by atoms with E-state index in [1.807, 2.05) is 23.6 Å². The Morgan fingerprint density at radius 2 is 2.40 bits per heavy atom. The van der Waals surface area contributed by atoms with Crippen LogP contribution in [0.3, 0.4) is 0 Å². The van der Waals surface area contributed by atoms with E-state index in [0.29, 0.717) is 5.25 Å². The van der Waals surface area contributed by atoms with E-state index in [1.165, 1.54) is 12.0 Å². The molecule has 86 valence electrons. The summed E-state index contributed by atoms with van der Waals surface area (Å²) < 4.78 is 0. The number of likely N-dealkylation sites (tertiary alicyclic amines) is 1. The van der Waals surface area contributed by atoms with Gasteiger partial charge in [0.1, 0.15) is 0 Å². The van der Waals surface area contributed by atoms with Crippen LogP contribution >= 0.6 is 11.8 Å².